The zero-order chi connectivity index (χ0) is 15.9. The van der Waals surface area contributed by atoms with Crippen molar-refractivity contribution < 1.29 is 13.9 Å². The average Bonchev–Trinajstić information content (AvgIpc) is 2.53. The Morgan fingerprint density at radius 2 is 1.95 bits per heavy atom. The molecule has 2 amide bonds. The summed E-state index contributed by atoms with van der Waals surface area (Å²) >= 11 is 0. The topological polar surface area (TPSA) is 50.4 Å². The van der Waals surface area contributed by atoms with Crippen molar-refractivity contribution in [2.24, 2.45) is 0 Å². The van der Waals surface area contributed by atoms with E-state index >= 15 is 0 Å². The highest BCUT2D eigenvalue weighted by atomic mass is 19.1. The first-order chi connectivity index (χ1) is 10.6. The summed E-state index contributed by atoms with van der Waals surface area (Å²) < 4.78 is 18.5. The molecule has 0 unspecified atom stereocenters. The van der Waals surface area contributed by atoms with Crippen molar-refractivity contribution in [3.8, 4) is 5.75 Å². The SMILES string of the molecule is COc1ccc([C@H](C)NC(=O)NCc2ccccc2)cc1F. The standard InChI is InChI=1S/C17H19FN2O2/c1-12(14-8-9-16(22-2)15(18)10-14)20-17(21)19-11-13-6-4-3-5-7-13/h3-10,12H,11H2,1-2H3,(H2,19,20,21)/t12-/m0/s1. The number of rotatable bonds is 5. The van der Waals surface area contributed by atoms with Crippen molar-refractivity contribution >= 4 is 6.03 Å². The molecule has 0 aromatic heterocycles. The molecule has 2 aromatic carbocycles. The number of benzene rings is 2. The van der Waals surface area contributed by atoms with Crippen molar-refractivity contribution in [2.75, 3.05) is 7.11 Å². The molecule has 4 nitrogen and oxygen atoms in total. The molecule has 2 rings (SSSR count). The zero-order valence-electron chi connectivity index (χ0n) is 12.6. The van der Waals surface area contributed by atoms with Gasteiger partial charge < -0.3 is 15.4 Å². The number of nitrogens with one attached hydrogen (secondary N) is 2. The number of urea groups is 1. The van der Waals surface area contributed by atoms with E-state index in [-0.39, 0.29) is 17.8 Å². The van der Waals surface area contributed by atoms with Gasteiger partial charge in [0.1, 0.15) is 0 Å². The maximum atomic E-state index is 13.7. The van der Waals surface area contributed by atoms with Crippen LogP contribution < -0.4 is 15.4 Å². The number of carbonyl (C=O) groups excluding carboxylic acids is 1. The van der Waals surface area contributed by atoms with E-state index in [0.717, 1.165) is 5.56 Å². The lowest BCUT2D eigenvalue weighted by molar-refractivity contribution is 0.237. The van der Waals surface area contributed by atoms with E-state index in [9.17, 15) is 9.18 Å². The van der Waals surface area contributed by atoms with E-state index in [1.54, 1.807) is 19.1 Å². The first-order valence-electron chi connectivity index (χ1n) is 7.02. The molecule has 0 saturated heterocycles. The van der Waals surface area contributed by atoms with E-state index in [1.165, 1.54) is 13.2 Å². The molecule has 1 atom stereocenters. The van der Waals surface area contributed by atoms with Gasteiger partial charge in [-0.3, -0.25) is 0 Å². The Hall–Kier alpha value is -2.56. The van der Waals surface area contributed by atoms with Crippen LogP contribution in [0.4, 0.5) is 9.18 Å². The van der Waals surface area contributed by atoms with Crippen molar-refractivity contribution in [3.05, 3.63) is 65.5 Å². The highest BCUT2D eigenvalue weighted by molar-refractivity contribution is 5.74. The number of ether oxygens (including phenoxy) is 1. The predicted octanol–water partition coefficient (Wildman–Crippen LogP) is 3.39. The van der Waals surface area contributed by atoms with Crippen LogP contribution in [0.2, 0.25) is 0 Å². The van der Waals surface area contributed by atoms with Gasteiger partial charge in [0.2, 0.25) is 0 Å². The van der Waals surface area contributed by atoms with Gasteiger partial charge in [0.15, 0.2) is 11.6 Å². The minimum atomic E-state index is -0.446. The maximum absolute atomic E-state index is 13.7. The van der Waals surface area contributed by atoms with E-state index in [0.29, 0.717) is 12.1 Å². The van der Waals surface area contributed by atoms with Crippen LogP contribution in [-0.4, -0.2) is 13.1 Å². The Kier molecular flexibility index (Phi) is 5.36. The van der Waals surface area contributed by atoms with Crippen molar-refractivity contribution in [3.63, 3.8) is 0 Å². The lowest BCUT2D eigenvalue weighted by Crippen LogP contribution is -2.36. The molecule has 0 aliphatic carbocycles. The summed E-state index contributed by atoms with van der Waals surface area (Å²) in [7, 11) is 1.41. The Morgan fingerprint density at radius 1 is 1.23 bits per heavy atom. The second-order valence-electron chi connectivity index (χ2n) is 4.93. The van der Waals surface area contributed by atoms with Gasteiger partial charge in [-0.2, -0.15) is 0 Å². The molecule has 2 N–H and O–H groups in total. The van der Waals surface area contributed by atoms with Gasteiger partial charge in [-0.25, -0.2) is 9.18 Å². The number of carbonyl (C=O) groups is 1. The summed E-state index contributed by atoms with van der Waals surface area (Å²) in [5.41, 5.74) is 1.69. The fourth-order valence-electron chi connectivity index (χ4n) is 2.06. The summed E-state index contributed by atoms with van der Waals surface area (Å²) in [5, 5.41) is 5.54. The lowest BCUT2D eigenvalue weighted by Gasteiger charge is -2.16. The van der Waals surface area contributed by atoms with Crippen molar-refractivity contribution in [2.45, 2.75) is 19.5 Å². The molecular weight excluding hydrogens is 283 g/mol. The molecule has 0 bridgehead atoms. The molecule has 0 aliphatic heterocycles. The van der Waals surface area contributed by atoms with Crippen LogP contribution in [0.25, 0.3) is 0 Å². The van der Waals surface area contributed by atoms with Crippen LogP contribution in [0, 0.1) is 5.82 Å². The molecular formula is C17H19FN2O2. The summed E-state index contributed by atoms with van der Waals surface area (Å²) in [6, 6.07) is 13.6. The highest BCUT2D eigenvalue weighted by Gasteiger charge is 2.12. The van der Waals surface area contributed by atoms with E-state index in [4.69, 9.17) is 4.74 Å². The molecule has 0 aliphatic rings. The Labute approximate surface area is 129 Å². The van der Waals surface area contributed by atoms with E-state index in [1.807, 2.05) is 30.3 Å². The number of hydrogen-bond donors (Lipinski definition) is 2. The molecule has 0 heterocycles. The molecule has 0 fully saturated rings. The van der Waals surface area contributed by atoms with Gasteiger partial charge in [0, 0.05) is 6.54 Å². The van der Waals surface area contributed by atoms with Gasteiger partial charge in [0.25, 0.3) is 0 Å². The van der Waals surface area contributed by atoms with Crippen LogP contribution in [0.5, 0.6) is 5.75 Å². The fourth-order valence-corrected chi connectivity index (χ4v) is 2.06. The smallest absolute Gasteiger partial charge is 0.315 e. The van der Waals surface area contributed by atoms with Crippen LogP contribution in [-0.2, 0) is 6.54 Å². The lowest BCUT2D eigenvalue weighted by atomic mass is 10.1. The average molecular weight is 302 g/mol. The molecule has 0 spiro atoms. The molecule has 0 radical (unpaired) electrons. The number of methoxy groups -OCH3 is 1. The molecule has 116 valence electrons. The molecule has 2 aromatic rings. The Bertz CT molecular complexity index is 632. The summed E-state index contributed by atoms with van der Waals surface area (Å²) in [4.78, 5) is 11.9. The number of amides is 2. The first kappa shape index (κ1) is 15.8. The fraction of sp³-hybridized carbons (Fsp3) is 0.235. The number of halogens is 1. The summed E-state index contributed by atoms with van der Waals surface area (Å²) in [5.74, 6) is -0.261. The highest BCUT2D eigenvalue weighted by Crippen LogP contribution is 2.21. The van der Waals surface area contributed by atoms with Gasteiger partial charge in [-0.1, -0.05) is 36.4 Å². The van der Waals surface area contributed by atoms with E-state index < -0.39 is 5.82 Å². The second-order valence-corrected chi connectivity index (χ2v) is 4.93. The third-order valence-corrected chi connectivity index (χ3v) is 3.32. The van der Waals surface area contributed by atoms with Gasteiger partial charge >= 0.3 is 6.03 Å². The first-order valence-corrected chi connectivity index (χ1v) is 7.02. The minimum absolute atomic E-state index is 0.185. The van der Waals surface area contributed by atoms with Crippen molar-refractivity contribution in [1.29, 1.82) is 0 Å². The van der Waals surface area contributed by atoms with Crippen LogP contribution >= 0.6 is 0 Å². The Morgan fingerprint density at radius 3 is 2.59 bits per heavy atom. The number of hydrogen-bond acceptors (Lipinski definition) is 2. The maximum Gasteiger partial charge on any atom is 0.315 e. The van der Waals surface area contributed by atoms with Gasteiger partial charge in [-0.05, 0) is 30.2 Å². The van der Waals surface area contributed by atoms with Crippen molar-refractivity contribution in [1.82, 2.24) is 10.6 Å². The van der Waals surface area contributed by atoms with Crippen LogP contribution in [0.3, 0.4) is 0 Å². The van der Waals surface area contributed by atoms with E-state index in [2.05, 4.69) is 10.6 Å². The molecule has 5 heteroatoms. The molecule has 0 saturated carbocycles. The normalized spacial score (nSPS) is 11.6. The van der Waals surface area contributed by atoms with Crippen LogP contribution in [0.1, 0.15) is 24.1 Å². The molecule has 22 heavy (non-hydrogen) atoms. The largest absolute Gasteiger partial charge is 0.494 e. The van der Waals surface area contributed by atoms with Crippen LogP contribution in [0.15, 0.2) is 48.5 Å². The third-order valence-electron chi connectivity index (χ3n) is 3.32. The zero-order valence-corrected chi connectivity index (χ0v) is 12.6. The third kappa shape index (κ3) is 4.22. The quantitative estimate of drug-likeness (QED) is 0.889. The van der Waals surface area contributed by atoms with Gasteiger partial charge in [0.05, 0.1) is 13.2 Å². The van der Waals surface area contributed by atoms with Gasteiger partial charge in [-0.15, -0.1) is 0 Å². The monoisotopic (exact) mass is 302 g/mol. The predicted molar refractivity (Wildman–Crippen MR) is 83.2 cm³/mol. The minimum Gasteiger partial charge on any atom is -0.494 e. The summed E-state index contributed by atoms with van der Waals surface area (Å²) in [6.45, 7) is 2.24. The Balaban J connectivity index is 1.89. The second kappa shape index (κ2) is 7.45. The summed E-state index contributed by atoms with van der Waals surface area (Å²) in [6.07, 6.45) is 0.